The van der Waals surface area contributed by atoms with Gasteiger partial charge in [-0.2, -0.15) is 0 Å². The topological polar surface area (TPSA) is 26.3 Å². The van der Waals surface area contributed by atoms with E-state index >= 15 is 0 Å². The summed E-state index contributed by atoms with van der Waals surface area (Å²) in [7, 11) is 0. The largest absolute Gasteiger partial charge is 0.381 e. The number of hydrogen-bond donors (Lipinski definition) is 0. The third-order valence-electron chi connectivity index (χ3n) is 2.37. The summed E-state index contributed by atoms with van der Waals surface area (Å²) in [6.07, 6.45) is 1.80. The Kier molecular flexibility index (Phi) is 3.06. The molecule has 1 aliphatic rings. The van der Waals surface area contributed by atoms with E-state index in [1.165, 1.54) is 0 Å². The Morgan fingerprint density at radius 1 is 1.64 bits per heavy atom. The summed E-state index contributed by atoms with van der Waals surface area (Å²) in [6.45, 7) is 5.50. The number of rotatable bonds is 2. The van der Waals surface area contributed by atoms with Crippen LogP contribution in [0.1, 0.15) is 26.7 Å². The lowest BCUT2D eigenvalue weighted by molar-refractivity contribution is -0.119. The fourth-order valence-electron chi connectivity index (χ4n) is 1.60. The van der Waals surface area contributed by atoms with Crippen molar-refractivity contribution in [2.75, 3.05) is 13.2 Å². The van der Waals surface area contributed by atoms with Gasteiger partial charge >= 0.3 is 0 Å². The van der Waals surface area contributed by atoms with Crippen LogP contribution < -0.4 is 0 Å². The molecule has 0 amide bonds. The number of Topliss-reactive ketones (excluding diaryl/α,β-unsaturated/α-hetero) is 1. The molecule has 1 aliphatic heterocycles. The first-order valence-electron chi connectivity index (χ1n) is 4.27. The second-order valence-electron chi connectivity index (χ2n) is 3.51. The van der Waals surface area contributed by atoms with Crippen LogP contribution in [0.2, 0.25) is 0 Å². The highest BCUT2D eigenvalue weighted by Gasteiger charge is 2.22. The maximum Gasteiger partial charge on any atom is 0.130 e. The molecule has 0 spiro atoms. The molecule has 0 bridgehead atoms. The Balaban J connectivity index is 2.35. The Morgan fingerprint density at radius 3 is 2.91 bits per heavy atom. The van der Waals surface area contributed by atoms with Crippen molar-refractivity contribution in [1.29, 1.82) is 0 Å². The van der Waals surface area contributed by atoms with Crippen molar-refractivity contribution >= 4 is 5.78 Å². The number of carbonyl (C=O) groups excluding carboxylic acids is 1. The Bertz CT molecular complexity index is 142. The summed E-state index contributed by atoms with van der Waals surface area (Å²) >= 11 is 0. The smallest absolute Gasteiger partial charge is 0.130 e. The van der Waals surface area contributed by atoms with E-state index in [2.05, 4.69) is 6.92 Å². The number of hydrogen-bond acceptors (Lipinski definition) is 2. The molecule has 2 atom stereocenters. The van der Waals surface area contributed by atoms with Gasteiger partial charge in [0.15, 0.2) is 0 Å². The van der Waals surface area contributed by atoms with Crippen LogP contribution in [0.5, 0.6) is 0 Å². The quantitative estimate of drug-likeness (QED) is 0.607. The molecule has 1 rings (SSSR count). The van der Waals surface area contributed by atoms with E-state index in [0.29, 0.717) is 17.6 Å². The van der Waals surface area contributed by atoms with E-state index in [0.717, 1.165) is 26.1 Å². The maximum atomic E-state index is 10.8. The zero-order valence-electron chi connectivity index (χ0n) is 7.30. The van der Waals surface area contributed by atoms with Crippen molar-refractivity contribution in [2.45, 2.75) is 26.7 Å². The molecule has 0 saturated carbocycles. The van der Waals surface area contributed by atoms with Gasteiger partial charge in [0.2, 0.25) is 0 Å². The maximum absolute atomic E-state index is 10.8. The molecular formula is C9H16O2. The van der Waals surface area contributed by atoms with Crippen molar-refractivity contribution in [3.63, 3.8) is 0 Å². The molecule has 2 unspecified atom stereocenters. The van der Waals surface area contributed by atoms with Crippen molar-refractivity contribution in [1.82, 2.24) is 0 Å². The first kappa shape index (κ1) is 8.72. The van der Waals surface area contributed by atoms with Crippen LogP contribution in [-0.2, 0) is 9.53 Å². The lowest BCUT2D eigenvalue weighted by atomic mass is 9.86. The summed E-state index contributed by atoms with van der Waals surface area (Å²) in [5, 5.41) is 0. The van der Waals surface area contributed by atoms with Crippen LogP contribution in [0.4, 0.5) is 0 Å². The molecule has 2 nitrogen and oxygen atoms in total. The molecule has 64 valence electrons. The van der Waals surface area contributed by atoms with E-state index in [4.69, 9.17) is 4.74 Å². The van der Waals surface area contributed by atoms with E-state index in [9.17, 15) is 4.79 Å². The Morgan fingerprint density at radius 2 is 2.36 bits per heavy atom. The summed E-state index contributed by atoms with van der Waals surface area (Å²) in [4.78, 5) is 10.8. The highest BCUT2D eigenvalue weighted by atomic mass is 16.5. The summed E-state index contributed by atoms with van der Waals surface area (Å²) in [5.41, 5.74) is 0. The molecule has 2 heteroatoms. The molecule has 1 heterocycles. The predicted molar refractivity (Wildman–Crippen MR) is 43.4 cm³/mol. The minimum atomic E-state index is 0.309. The lowest BCUT2D eigenvalue weighted by Crippen LogP contribution is -2.26. The highest BCUT2D eigenvalue weighted by molar-refractivity contribution is 5.75. The van der Waals surface area contributed by atoms with E-state index in [-0.39, 0.29) is 0 Å². The van der Waals surface area contributed by atoms with Gasteiger partial charge in [-0.1, -0.05) is 6.92 Å². The van der Waals surface area contributed by atoms with Gasteiger partial charge in [-0.05, 0) is 25.2 Å². The average molecular weight is 156 g/mol. The van der Waals surface area contributed by atoms with Crippen molar-refractivity contribution < 1.29 is 9.53 Å². The second-order valence-corrected chi connectivity index (χ2v) is 3.51. The normalized spacial score (nSPS) is 31.8. The number of ether oxygens (including phenoxy) is 1. The van der Waals surface area contributed by atoms with Gasteiger partial charge in [0.05, 0.1) is 0 Å². The van der Waals surface area contributed by atoms with Gasteiger partial charge in [0.25, 0.3) is 0 Å². The van der Waals surface area contributed by atoms with Crippen LogP contribution in [-0.4, -0.2) is 19.0 Å². The SMILES string of the molecule is CC(=O)CC1CCOCC1C. The van der Waals surface area contributed by atoms with Crippen LogP contribution in [0.25, 0.3) is 0 Å². The van der Waals surface area contributed by atoms with Gasteiger partial charge in [0.1, 0.15) is 5.78 Å². The van der Waals surface area contributed by atoms with Gasteiger partial charge in [0, 0.05) is 19.6 Å². The van der Waals surface area contributed by atoms with Gasteiger partial charge < -0.3 is 9.53 Å². The molecule has 0 aromatic rings. The van der Waals surface area contributed by atoms with Gasteiger partial charge in [-0.25, -0.2) is 0 Å². The van der Waals surface area contributed by atoms with E-state index in [1.807, 2.05) is 0 Å². The molecule has 0 N–H and O–H groups in total. The third-order valence-corrected chi connectivity index (χ3v) is 2.37. The first-order chi connectivity index (χ1) is 5.20. The van der Waals surface area contributed by atoms with E-state index < -0.39 is 0 Å². The van der Waals surface area contributed by atoms with Crippen LogP contribution >= 0.6 is 0 Å². The Hall–Kier alpha value is -0.370. The average Bonchev–Trinajstić information content (AvgIpc) is 1.93. The summed E-state index contributed by atoms with van der Waals surface area (Å²) in [6, 6.07) is 0. The molecule has 1 fully saturated rings. The predicted octanol–water partition coefficient (Wildman–Crippen LogP) is 1.64. The number of carbonyl (C=O) groups is 1. The Labute approximate surface area is 67.9 Å². The molecular weight excluding hydrogens is 140 g/mol. The third kappa shape index (κ3) is 2.62. The van der Waals surface area contributed by atoms with Crippen LogP contribution in [0.15, 0.2) is 0 Å². The lowest BCUT2D eigenvalue weighted by Gasteiger charge is -2.27. The minimum Gasteiger partial charge on any atom is -0.381 e. The van der Waals surface area contributed by atoms with Crippen molar-refractivity contribution in [3.05, 3.63) is 0 Å². The fourth-order valence-corrected chi connectivity index (χ4v) is 1.60. The second kappa shape index (κ2) is 3.86. The standard InChI is InChI=1S/C9H16O2/c1-7-6-11-4-3-9(7)5-8(2)10/h7,9H,3-6H2,1-2H3. The zero-order valence-corrected chi connectivity index (χ0v) is 7.30. The van der Waals surface area contributed by atoms with Gasteiger partial charge in [-0.15, -0.1) is 0 Å². The van der Waals surface area contributed by atoms with Crippen molar-refractivity contribution in [2.24, 2.45) is 11.8 Å². The van der Waals surface area contributed by atoms with E-state index in [1.54, 1.807) is 6.92 Å². The fraction of sp³-hybridized carbons (Fsp3) is 0.889. The molecule has 11 heavy (non-hydrogen) atoms. The zero-order chi connectivity index (χ0) is 8.27. The molecule has 0 aromatic heterocycles. The monoisotopic (exact) mass is 156 g/mol. The first-order valence-corrected chi connectivity index (χ1v) is 4.27. The highest BCUT2D eigenvalue weighted by Crippen LogP contribution is 2.24. The molecule has 0 aromatic carbocycles. The minimum absolute atomic E-state index is 0.309. The summed E-state index contributed by atoms with van der Waals surface area (Å²) < 4.78 is 5.28. The molecule has 1 saturated heterocycles. The van der Waals surface area contributed by atoms with Crippen LogP contribution in [0.3, 0.4) is 0 Å². The van der Waals surface area contributed by atoms with Crippen LogP contribution in [0, 0.1) is 11.8 Å². The number of ketones is 1. The molecule has 0 radical (unpaired) electrons. The van der Waals surface area contributed by atoms with Crippen molar-refractivity contribution in [3.8, 4) is 0 Å². The molecule has 0 aliphatic carbocycles. The van der Waals surface area contributed by atoms with Gasteiger partial charge in [-0.3, -0.25) is 0 Å². The summed E-state index contributed by atoms with van der Waals surface area (Å²) in [5.74, 6) is 1.44.